The number of rotatable bonds is 12. The summed E-state index contributed by atoms with van der Waals surface area (Å²) in [5.74, 6) is 0. The summed E-state index contributed by atoms with van der Waals surface area (Å²) in [4.78, 5) is 13.7. The molecule has 4 aromatic carbocycles. The van der Waals surface area contributed by atoms with E-state index in [1.165, 1.54) is 33.4 Å². The van der Waals surface area contributed by atoms with Crippen molar-refractivity contribution in [1.29, 1.82) is 0 Å². The predicted molar refractivity (Wildman–Crippen MR) is 226 cm³/mol. The molecule has 0 aliphatic rings. The van der Waals surface area contributed by atoms with Crippen LogP contribution in [0.25, 0.3) is 33.8 Å². The van der Waals surface area contributed by atoms with Gasteiger partial charge in [0.2, 0.25) is 0 Å². The third-order valence-electron chi connectivity index (χ3n) is 10.9. The molecular weight excluding hydrogens is 655 g/mol. The van der Waals surface area contributed by atoms with Gasteiger partial charge in [-0.25, -0.2) is 0 Å². The zero-order valence-electron chi connectivity index (χ0n) is 32.6. The highest BCUT2D eigenvalue weighted by atomic mass is 14.7. The van der Waals surface area contributed by atoms with Gasteiger partial charge < -0.3 is 0 Å². The lowest BCUT2D eigenvalue weighted by atomic mass is 9.74. The molecule has 3 nitrogen and oxygen atoms in total. The summed E-state index contributed by atoms with van der Waals surface area (Å²) in [6, 6.07) is 52.6. The average molecular weight is 706 g/mol. The summed E-state index contributed by atoms with van der Waals surface area (Å²) >= 11 is 0. The van der Waals surface area contributed by atoms with Gasteiger partial charge in [0.15, 0.2) is 0 Å². The van der Waals surface area contributed by atoms with Gasteiger partial charge in [-0.2, -0.15) is 0 Å². The van der Waals surface area contributed by atoms with Crippen LogP contribution in [0.1, 0.15) is 74.9 Å². The first-order valence-electron chi connectivity index (χ1n) is 19.1. The minimum Gasteiger partial charge on any atom is -0.256 e. The van der Waals surface area contributed by atoms with Gasteiger partial charge in [-0.1, -0.05) is 151 Å². The zero-order chi connectivity index (χ0) is 37.8. The summed E-state index contributed by atoms with van der Waals surface area (Å²) in [7, 11) is 0. The second-order valence-corrected chi connectivity index (χ2v) is 16.7. The van der Waals surface area contributed by atoms with Crippen LogP contribution in [0.4, 0.5) is 0 Å². The highest BCUT2D eigenvalue weighted by Gasteiger charge is 2.27. The first-order chi connectivity index (χ1) is 25.9. The van der Waals surface area contributed by atoms with E-state index in [1.54, 1.807) is 0 Å². The fourth-order valence-corrected chi connectivity index (χ4v) is 7.86. The topological polar surface area (TPSA) is 38.7 Å². The maximum Gasteiger partial charge on any atom is 0.0701 e. The number of benzene rings is 4. The molecule has 0 saturated heterocycles. The van der Waals surface area contributed by atoms with E-state index in [1.807, 2.05) is 55.0 Å². The zero-order valence-corrected chi connectivity index (χ0v) is 32.6. The first kappa shape index (κ1) is 36.7. The third-order valence-corrected chi connectivity index (χ3v) is 10.9. The lowest BCUT2D eigenvalue weighted by molar-refractivity contribution is 0.507. The number of pyridine rings is 3. The summed E-state index contributed by atoms with van der Waals surface area (Å²) in [6.45, 7) is 14.2. The van der Waals surface area contributed by atoms with E-state index in [0.717, 1.165) is 53.0 Å². The van der Waals surface area contributed by atoms with Crippen LogP contribution in [0.2, 0.25) is 0 Å². The summed E-state index contributed by atoms with van der Waals surface area (Å²) in [5, 5.41) is 0. The van der Waals surface area contributed by atoms with Crippen molar-refractivity contribution in [1.82, 2.24) is 15.0 Å². The standard InChI is InChI=1S/C51H51N3/c1-49(2,43-22-16-40(17-23-43)46-13-7-10-28-52-46)34-37-31-38(35-50(3,4)44-24-18-41(19-25-44)47-14-8-11-29-53-47)33-39(32-37)36-51(5,6)45-26-20-42(21-27-45)48-15-9-12-30-54-48/h7-33H,34-36H2,1-6H3. The van der Waals surface area contributed by atoms with Crippen molar-refractivity contribution in [2.24, 2.45) is 0 Å². The molecule has 0 aliphatic carbocycles. The van der Waals surface area contributed by atoms with Crippen LogP contribution < -0.4 is 0 Å². The molecule has 3 aromatic heterocycles. The Bertz CT molecular complexity index is 2000. The fraction of sp³-hybridized carbons (Fsp3) is 0.235. The molecule has 0 amide bonds. The summed E-state index contributed by atoms with van der Waals surface area (Å²) in [5.41, 5.74) is 14.4. The van der Waals surface area contributed by atoms with Crippen LogP contribution in [0.15, 0.2) is 164 Å². The fourth-order valence-electron chi connectivity index (χ4n) is 7.86. The molecule has 7 rings (SSSR count). The van der Waals surface area contributed by atoms with Gasteiger partial charge in [0.05, 0.1) is 17.1 Å². The maximum atomic E-state index is 4.56. The minimum atomic E-state index is -0.0633. The number of hydrogen-bond donors (Lipinski definition) is 0. The first-order valence-corrected chi connectivity index (χ1v) is 19.1. The second-order valence-electron chi connectivity index (χ2n) is 16.7. The largest absolute Gasteiger partial charge is 0.256 e. The Hall–Kier alpha value is -5.67. The van der Waals surface area contributed by atoms with Crippen molar-refractivity contribution in [3.8, 4) is 33.8 Å². The molecule has 0 N–H and O–H groups in total. The maximum absolute atomic E-state index is 4.56. The molecule has 0 saturated carbocycles. The van der Waals surface area contributed by atoms with Gasteiger partial charge in [0.1, 0.15) is 0 Å². The Morgan fingerprint density at radius 2 is 0.593 bits per heavy atom. The van der Waals surface area contributed by atoms with Crippen LogP contribution >= 0.6 is 0 Å². The van der Waals surface area contributed by atoms with E-state index in [4.69, 9.17) is 0 Å². The predicted octanol–water partition coefficient (Wildman–Crippen LogP) is 12.4. The van der Waals surface area contributed by atoms with Crippen molar-refractivity contribution < 1.29 is 0 Å². The molecule has 0 atom stereocenters. The second kappa shape index (κ2) is 15.4. The monoisotopic (exact) mass is 705 g/mol. The molecule has 270 valence electrons. The Kier molecular flexibility index (Phi) is 10.4. The molecule has 0 radical (unpaired) electrons. The van der Waals surface area contributed by atoms with Crippen LogP contribution in [-0.2, 0) is 35.5 Å². The van der Waals surface area contributed by atoms with Crippen LogP contribution in [0, 0.1) is 0 Å². The molecular formula is C51H51N3. The van der Waals surface area contributed by atoms with Crippen molar-refractivity contribution in [2.75, 3.05) is 0 Å². The van der Waals surface area contributed by atoms with E-state index in [2.05, 4.69) is 166 Å². The van der Waals surface area contributed by atoms with E-state index in [0.29, 0.717) is 0 Å². The van der Waals surface area contributed by atoms with Crippen molar-refractivity contribution in [2.45, 2.75) is 77.0 Å². The SMILES string of the molecule is CC(C)(Cc1cc(CC(C)(C)c2ccc(-c3ccccn3)cc2)cc(CC(C)(C)c2ccc(-c3ccccn3)cc2)c1)c1ccc(-c2ccccn2)cc1. The van der Waals surface area contributed by atoms with Crippen LogP contribution in [0.5, 0.6) is 0 Å². The van der Waals surface area contributed by atoms with Crippen molar-refractivity contribution in [3.63, 3.8) is 0 Å². The molecule has 0 spiro atoms. The van der Waals surface area contributed by atoms with Gasteiger partial charge in [0, 0.05) is 35.3 Å². The molecule has 0 unspecified atom stereocenters. The van der Waals surface area contributed by atoms with E-state index in [9.17, 15) is 0 Å². The molecule has 3 heteroatoms. The highest BCUT2D eigenvalue weighted by Crippen LogP contribution is 2.36. The Morgan fingerprint density at radius 3 is 0.815 bits per heavy atom. The van der Waals surface area contributed by atoms with Gasteiger partial charge in [-0.3, -0.25) is 15.0 Å². The molecule has 0 bridgehead atoms. The molecule has 3 heterocycles. The normalized spacial score (nSPS) is 12.1. The van der Waals surface area contributed by atoms with Gasteiger partial charge >= 0.3 is 0 Å². The molecule has 0 aliphatic heterocycles. The number of nitrogens with zero attached hydrogens (tertiary/aromatic N) is 3. The third kappa shape index (κ3) is 8.58. The smallest absolute Gasteiger partial charge is 0.0701 e. The Morgan fingerprint density at radius 1 is 0.333 bits per heavy atom. The Balaban J connectivity index is 1.18. The minimum absolute atomic E-state index is 0.0633. The number of aromatic nitrogens is 3. The number of hydrogen-bond acceptors (Lipinski definition) is 3. The van der Waals surface area contributed by atoms with Crippen molar-refractivity contribution in [3.05, 3.63) is 198 Å². The average Bonchev–Trinajstić information content (AvgIpc) is 3.18. The summed E-state index contributed by atoms with van der Waals surface area (Å²) < 4.78 is 0. The van der Waals surface area contributed by atoms with Gasteiger partial charge in [0.25, 0.3) is 0 Å². The van der Waals surface area contributed by atoms with Crippen LogP contribution in [0.3, 0.4) is 0 Å². The quantitative estimate of drug-likeness (QED) is 0.127. The summed E-state index contributed by atoms with van der Waals surface area (Å²) in [6.07, 6.45) is 8.39. The van der Waals surface area contributed by atoms with Gasteiger partial charge in [-0.15, -0.1) is 0 Å². The van der Waals surface area contributed by atoms with E-state index in [-0.39, 0.29) is 16.2 Å². The van der Waals surface area contributed by atoms with Gasteiger partial charge in [-0.05, 0) is 105 Å². The Labute approximate surface area is 322 Å². The highest BCUT2D eigenvalue weighted by molar-refractivity contribution is 5.61. The van der Waals surface area contributed by atoms with E-state index < -0.39 is 0 Å². The molecule has 54 heavy (non-hydrogen) atoms. The lowest BCUT2D eigenvalue weighted by Gasteiger charge is -2.30. The molecule has 7 aromatic rings. The van der Waals surface area contributed by atoms with Crippen LogP contribution in [-0.4, -0.2) is 15.0 Å². The van der Waals surface area contributed by atoms with Crippen molar-refractivity contribution >= 4 is 0 Å². The van der Waals surface area contributed by atoms with E-state index >= 15 is 0 Å². The lowest BCUT2D eigenvalue weighted by Crippen LogP contribution is -2.24. The molecule has 0 fully saturated rings.